The molecule has 19 heavy (non-hydrogen) atoms. The molecule has 5 heteroatoms. The normalized spacial score (nSPS) is 12.4. The molecule has 0 saturated heterocycles. The van der Waals surface area contributed by atoms with Crippen molar-refractivity contribution in [3.63, 3.8) is 0 Å². The summed E-state index contributed by atoms with van der Waals surface area (Å²) in [5, 5.41) is 3.24. The third-order valence-electron chi connectivity index (χ3n) is 2.75. The lowest BCUT2D eigenvalue weighted by Crippen LogP contribution is -2.24. The number of aromatic nitrogens is 2. The number of rotatable bonds is 5. The van der Waals surface area contributed by atoms with Gasteiger partial charge in [0, 0.05) is 24.7 Å². The Hall–Kier alpha value is -1.88. The quantitative estimate of drug-likeness (QED) is 0.901. The Bertz CT molecular complexity index is 511. The molecule has 0 aliphatic rings. The first-order valence-corrected chi connectivity index (χ1v) is 6.13. The van der Waals surface area contributed by atoms with Gasteiger partial charge in [0.1, 0.15) is 11.6 Å². The van der Waals surface area contributed by atoms with Crippen LogP contribution in [0.15, 0.2) is 36.8 Å². The molecule has 0 spiro atoms. The fraction of sp³-hybridized carbons (Fsp3) is 0.286. The maximum atomic E-state index is 13.2. The van der Waals surface area contributed by atoms with Crippen molar-refractivity contribution in [2.45, 2.75) is 19.4 Å². The average Bonchev–Trinajstić information content (AvgIpc) is 2.38. The first-order chi connectivity index (χ1) is 9.19. The van der Waals surface area contributed by atoms with Gasteiger partial charge < -0.3 is 5.32 Å². The fourth-order valence-corrected chi connectivity index (χ4v) is 1.98. The number of hydrogen-bond donors (Lipinski definition) is 1. The van der Waals surface area contributed by atoms with Crippen molar-refractivity contribution in [3.8, 4) is 0 Å². The fourth-order valence-electron chi connectivity index (χ4n) is 1.98. The van der Waals surface area contributed by atoms with E-state index in [4.69, 9.17) is 0 Å². The monoisotopic (exact) mass is 263 g/mol. The molecule has 0 amide bonds. The minimum Gasteiger partial charge on any atom is -0.309 e. The van der Waals surface area contributed by atoms with Crippen molar-refractivity contribution < 1.29 is 8.78 Å². The zero-order valence-electron chi connectivity index (χ0n) is 10.6. The Morgan fingerprint density at radius 2 is 1.89 bits per heavy atom. The van der Waals surface area contributed by atoms with E-state index in [2.05, 4.69) is 15.3 Å². The number of hydrogen-bond acceptors (Lipinski definition) is 3. The summed E-state index contributed by atoms with van der Waals surface area (Å²) < 4.78 is 26.4. The van der Waals surface area contributed by atoms with Crippen LogP contribution in [0.2, 0.25) is 0 Å². The summed E-state index contributed by atoms with van der Waals surface area (Å²) in [6, 6.07) is 3.43. The van der Waals surface area contributed by atoms with E-state index in [1.165, 1.54) is 12.1 Å². The maximum Gasteiger partial charge on any atom is 0.126 e. The van der Waals surface area contributed by atoms with Crippen molar-refractivity contribution in [3.05, 3.63) is 59.7 Å². The number of halogens is 2. The molecule has 1 heterocycles. The zero-order chi connectivity index (χ0) is 13.7. The van der Waals surface area contributed by atoms with Gasteiger partial charge >= 0.3 is 0 Å². The summed E-state index contributed by atoms with van der Waals surface area (Å²) >= 11 is 0. The highest BCUT2D eigenvalue weighted by atomic mass is 19.1. The van der Waals surface area contributed by atoms with Crippen LogP contribution in [0.4, 0.5) is 8.78 Å². The highest BCUT2D eigenvalue weighted by Crippen LogP contribution is 2.17. The molecule has 1 N–H and O–H groups in total. The van der Waals surface area contributed by atoms with Gasteiger partial charge in [-0.25, -0.2) is 8.78 Å². The molecule has 0 saturated carbocycles. The lowest BCUT2D eigenvalue weighted by Gasteiger charge is -2.17. The van der Waals surface area contributed by atoms with Crippen LogP contribution in [-0.2, 0) is 6.42 Å². The van der Waals surface area contributed by atoms with Crippen LogP contribution >= 0.6 is 0 Å². The predicted molar refractivity (Wildman–Crippen MR) is 68.5 cm³/mol. The molecule has 0 fully saturated rings. The van der Waals surface area contributed by atoms with Crippen LogP contribution in [0.3, 0.4) is 0 Å². The van der Waals surface area contributed by atoms with Crippen LogP contribution in [0.1, 0.15) is 24.2 Å². The molecule has 2 aromatic rings. The van der Waals surface area contributed by atoms with Gasteiger partial charge in [-0.1, -0.05) is 6.92 Å². The molecule has 2 rings (SSSR count). The minimum absolute atomic E-state index is 0.111. The van der Waals surface area contributed by atoms with E-state index in [1.54, 1.807) is 18.6 Å². The van der Waals surface area contributed by atoms with Crippen LogP contribution in [0.25, 0.3) is 0 Å². The lowest BCUT2D eigenvalue weighted by atomic mass is 10.0. The Balaban J connectivity index is 2.21. The van der Waals surface area contributed by atoms with E-state index in [1.807, 2.05) is 6.92 Å². The summed E-state index contributed by atoms with van der Waals surface area (Å²) in [6.45, 7) is 2.70. The first-order valence-electron chi connectivity index (χ1n) is 6.13. The van der Waals surface area contributed by atoms with Crippen molar-refractivity contribution in [1.29, 1.82) is 0 Å². The maximum absolute atomic E-state index is 13.2. The summed E-state index contributed by atoms with van der Waals surface area (Å²) in [5.74, 6) is -1.13. The highest BCUT2D eigenvalue weighted by Gasteiger charge is 2.13. The van der Waals surface area contributed by atoms with Crippen LogP contribution in [0, 0.1) is 11.6 Å². The molecule has 1 unspecified atom stereocenters. The first kappa shape index (κ1) is 13.5. The predicted octanol–water partition coefficient (Wildman–Crippen LogP) is 2.65. The summed E-state index contributed by atoms with van der Waals surface area (Å²) in [7, 11) is 0. The molecule has 1 aromatic heterocycles. The molecule has 3 nitrogen and oxygen atoms in total. The third-order valence-corrected chi connectivity index (χ3v) is 2.75. The highest BCUT2D eigenvalue weighted by molar-refractivity contribution is 5.20. The van der Waals surface area contributed by atoms with Crippen LogP contribution in [-0.4, -0.2) is 16.5 Å². The summed E-state index contributed by atoms with van der Waals surface area (Å²) in [5.41, 5.74) is 1.35. The smallest absolute Gasteiger partial charge is 0.126 e. The molecule has 0 aliphatic heterocycles. The number of nitrogens with zero attached hydrogens (tertiary/aromatic N) is 2. The summed E-state index contributed by atoms with van der Waals surface area (Å²) in [4.78, 5) is 8.24. The SMILES string of the molecule is CCNC(Cc1cc(F)cc(F)c1)c1cnccn1. The Morgan fingerprint density at radius 1 is 1.16 bits per heavy atom. The van der Waals surface area contributed by atoms with Gasteiger partial charge in [-0.05, 0) is 30.7 Å². The van der Waals surface area contributed by atoms with Crippen LogP contribution < -0.4 is 5.32 Å². The molecular formula is C14H15F2N3. The average molecular weight is 263 g/mol. The van der Waals surface area contributed by atoms with E-state index in [-0.39, 0.29) is 6.04 Å². The second-order valence-corrected chi connectivity index (χ2v) is 4.22. The van der Waals surface area contributed by atoms with Gasteiger partial charge in [0.2, 0.25) is 0 Å². The summed E-state index contributed by atoms with van der Waals surface area (Å²) in [6.07, 6.45) is 5.31. The second-order valence-electron chi connectivity index (χ2n) is 4.22. The molecule has 0 radical (unpaired) electrons. The largest absolute Gasteiger partial charge is 0.309 e. The number of nitrogens with one attached hydrogen (secondary N) is 1. The lowest BCUT2D eigenvalue weighted by molar-refractivity contribution is 0.526. The topological polar surface area (TPSA) is 37.8 Å². The van der Waals surface area contributed by atoms with Crippen molar-refractivity contribution in [2.75, 3.05) is 6.54 Å². The minimum atomic E-state index is -0.565. The Labute approximate surface area is 110 Å². The van der Waals surface area contributed by atoms with E-state index in [0.29, 0.717) is 12.0 Å². The molecular weight excluding hydrogens is 248 g/mol. The van der Waals surface area contributed by atoms with Crippen molar-refractivity contribution >= 4 is 0 Å². The molecule has 0 aliphatic carbocycles. The van der Waals surface area contributed by atoms with Gasteiger partial charge in [0.05, 0.1) is 11.7 Å². The molecule has 1 aromatic carbocycles. The van der Waals surface area contributed by atoms with E-state index in [0.717, 1.165) is 18.3 Å². The molecule has 0 bridgehead atoms. The number of benzene rings is 1. The molecule has 100 valence electrons. The van der Waals surface area contributed by atoms with Gasteiger partial charge in [0.15, 0.2) is 0 Å². The Morgan fingerprint density at radius 3 is 2.47 bits per heavy atom. The van der Waals surface area contributed by atoms with Gasteiger partial charge in [0.25, 0.3) is 0 Å². The molecule has 1 atom stereocenters. The van der Waals surface area contributed by atoms with Gasteiger partial charge in [-0.3, -0.25) is 9.97 Å². The number of likely N-dealkylation sites (N-methyl/N-ethyl adjacent to an activating group) is 1. The van der Waals surface area contributed by atoms with E-state index < -0.39 is 11.6 Å². The van der Waals surface area contributed by atoms with E-state index >= 15 is 0 Å². The van der Waals surface area contributed by atoms with Crippen molar-refractivity contribution in [1.82, 2.24) is 15.3 Å². The Kier molecular flexibility index (Phi) is 4.52. The van der Waals surface area contributed by atoms with Gasteiger partial charge in [-0.2, -0.15) is 0 Å². The zero-order valence-corrected chi connectivity index (χ0v) is 10.6. The van der Waals surface area contributed by atoms with Crippen molar-refractivity contribution in [2.24, 2.45) is 0 Å². The second kappa shape index (κ2) is 6.33. The third kappa shape index (κ3) is 3.79. The van der Waals surface area contributed by atoms with Gasteiger partial charge in [-0.15, -0.1) is 0 Å². The van der Waals surface area contributed by atoms with Crippen LogP contribution in [0.5, 0.6) is 0 Å². The standard InChI is InChI=1S/C14H15F2N3/c1-2-18-13(14-9-17-3-4-19-14)7-10-5-11(15)8-12(16)6-10/h3-6,8-9,13,18H,2,7H2,1H3. The van der Waals surface area contributed by atoms with E-state index in [9.17, 15) is 8.78 Å².